The van der Waals surface area contributed by atoms with Crippen LogP contribution in [0.3, 0.4) is 0 Å². The van der Waals surface area contributed by atoms with Crippen LogP contribution < -0.4 is 5.32 Å². The normalized spacial score (nSPS) is 12.9. The van der Waals surface area contributed by atoms with Gasteiger partial charge in [0.15, 0.2) is 9.84 Å². The van der Waals surface area contributed by atoms with Gasteiger partial charge in [0.05, 0.1) is 16.2 Å². The van der Waals surface area contributed by atoms with Crippen molar-refractivity contribution in [3.05, 3.63) is 46.4 Å². The molecule has 0 aliphatic carbocycles. The van der Waals surface area contributed by atoms with Gasteiger partial charge in [-0.2, -0.15) is 0 Å². The highest BCUT2D eigenvalue weighted by atomic mass is 32.2. The minimum Gasteiger partial charge on any atom is -0.347 e. The summed E-state index contributed by atoms with van der Waals surface area (Å²) in [6.45, 7) is 3.56. The molecule has 0 spiro atoms. The standard InChI is InChI=1S/C14H16N2O3S2/c1-10-3-5-12(6-4-10)21(18,19)8-11(2)16-14(17)13-7-20-9-15-13/h3-7,9,11H,8H2,1-2H3,(H,16,17)/t11-/m1/s1. The van der Waals surface area contributed by atoms with E-state index in [4.69, 9.17) is 0 Å². The van der Waals surface area contributed by atoms with Gasteiger partial charge in [-0.15, -0.1) is 11.3 Å². The fourth-order valence-corrected chi connectivity index (χ4v) is 3.85. The van der Waals surface area contributed by atoms with Gasteiger partial charge < -0.3 is 5.32 Å². The molecule has 2 aromatic rings. The molecule has 112 valence electrons. The predicted octanol–water partition coefficient (Wildman–Crippen LogP) is 2.04. The number of hydrogen-bond acceptors (Lipinski definition) is 5. The quantitative estimate of drug-likeness (QED) is 0.913. The van der Waals surface area contributed by atoms with E-state index in [2.05, 4.69) is 10.3 Å². The van der Waals surface area contributed by atoms with Gasteiger partial charge in [-0.1, -0.05) is 17.7 Å². The molecule has 0 saturated heterocycles. The number of aromatic nitrogens is 1. The van der Waals surface area contributed by atoms with E-state index in [1.54, 1.807) is 42.1 Å². The number of carbonyl (C=O) groups excluding carboxylic acids is 1. The van der Waals surface area contributed by atoms with Crippen LogP contribution in [0.5, 0.6) is 0 Å². The van der Waals surface area contributed by atoms with Crippen molar-refractivity contribution in [1.82, 2.24) is 10.3 Å². The summed E-state index contributed by atoms with van der Waals surface area (Å²) < 4.78 is 24.5. The van der Waals surface area contributed by atoms with Gasteiger partial charge in [0.2, 0.25) is 0 Å². The number of benzene rings is 1. The molecular weight excluding hydrogens is 308 g/mol. The minimum absolute atomic E-state index is 0.147. The van der Waals surface area contributed by atoms with E-state index < -0.39 is 15.9 Å². The van der Waals surface area contributed by atoms with Crippen molar-refractivity contribution >= 4 is 27.1 Å². The Labute approximate surface area is 128 Å². The molecular formula is C14H16N2O3S2. The second-order valence-electron chi connectivity index (χ2n) is 4.84. The number of nitrogens with zero attached hydrogens (tertiary/aromatic N) is 1. The van der Waals surface area contributed by atoms with E-state index in [0.29, 0.717) is 5.69 Å². The zero-order valence-corrected chi connectivity index (χ0v) is 13.4. The number of rotatable bonds is 5. The lowest BCUT2D eigenvalue weighted by atomic mass is 10.2. The number of hydrogen-bond donors (Lipinski definition) is 1. The Morgan fingerprint density at radius 2 is 2.00 bits per heavy atom. The van der Waals surface area contributed by atoms with E-state index in [1.807, 2.05) is 6.92 Å². The van der Waals surface area contributed by atoms with Crippen LogP contribution in [-0.4, -0.2) is 31.1 Å². The van der Waals surface area contributed by atoms with Crippen molar-refractivity contribution < 1.29 is 13.2 Å². The number of thiazole rings is 1. The molecule has 2 rings (SSSR count). The fourth-order valence-electron chi connectivity index (χ4n) is 1.84. The maximum atomic E-state index is 12.3. The zero-order chi connectivity index (χ0) is 15.5. The first-order valence-corrected chi connectivity index (χ1v) is 8.96. The number of aryl methyl sites for hydroxylation is 1. The summed E-state index contributed by atoms with van der Waals surface area (Å²) >= 11 is 1.32. The van der Waals surface area contributed by atoms with Crippen LogP contribution in [0.1, 0.15) is 23.0 Å². The van der Waals surface area contributed by atoms with Crippen molar-refractivity contribution in [3.63, 3.8) is 0 Å². The first-order chi connectivity index (χ1) is 9.88. The summed E-state index contributed by atoms with van der Waals surface area (Å²) in [6, 6.07) is 6.18. The predicted molar refractivity (Wildman–Crippen MR) is 82.3 cm³/mol. The third-order valence-corrected chi connectivity index (χ3v) is 5.41. The Morgan fingerprint density at radius 1 is 1.33 bits per heavy atom. The molecule has 1 aromatic carbocycles. The van der Waals surface area contributed by atoms with E-state index in [1.165, 1.54) is 11.3 Å². The molecule has 0 bridgehead atoms. The maximum absolute atomic E-state index is 12.3. The van der Waals surface area contributed by atoms with Gasteiger partial charge >= 0.3 is 0 Å². The minimum atomic E-state index is -3.42. The molecule has 0 fully saturated rings. The van der Waals surface area contributed by atoms with Crippen molar-refractivity contribution in [2.75, 3.05) is 5.75 Å². The second kappa shape index (κ2) is 6.36. The van der Waals surface area contributed by atoms with Crippen molar-refractivity contribution in [1.29, 1.82) is 0 Å². The number of nitrogens with one attached hydrogen (secondary N) is 1. The lowest BCUT2D eigenvalue weighted by Crippen LogP contribution is -2.37. The van der Waals surface area contributed by atoms with Gasteiger partial charge in [-0.25, -0.2) is 13.4 Å². The maximum Gasteiger partial charge on any atom is 0.270 e. The van der Waals surface area contributed by atoms with Crippen LogP contribution in [0.15, 0.2) is 40.1 Å². The van der Waals surface area contributed by atoms with Crippen LogP contribution in [0, 0.1) is 6.92 Å². The molecule has 1 atom stereocenters. The first-order valence-electron chi connectivity index (χ1n) is 6.37. The average Bonchev–Trinajstić information content (AvgIpc) is 2.92. The van der Waals surface area contributed by atoms with E-state index in [0.717, 1.165) is 5.56 Å². The fraction of sp³-hybridized carbons (Fsp3) is 0.286. The highest BCUT2D eigenvalue weighted by Crippen LogP contribution is 2.13. The summed E-state index contributed by atoms with van der Waals surface area (Å²) in [5.74, 6) is -0.505. The molecule has 0 saturated carbocycles. The number of amides is 1. The monoisotopic (exact) mass is 324 g/mol. The molecule has 1 aromatic heterocycles. The molecule has 0 radical (unpaired) electrons. The Kier molecular flexibility index (Phi) is 4.74. The summed E-state index contributed by atoms with van der Waals surface area (Å²) in [5, 5.41) is 4.27. The third-order valence-electron chi connectivity index (χ3n) is 2.89. The molecule has 0 aliphatic heterocycles. The molecule has 5 nitrogen and oxygen atoms in total. The summed E-state index contributed by atoms with van der Waals surface area (Å²) in [5.41, 5.74) is 2.86. The van der Waals surface area contributed by atoms with Crippen LogP contribution in [-0.2, 0) is 9.84 Å². The number of carbonyl (C=O) groups is 1. The Morgan fingerprint density at radius 3 is 2.57 bits per heavy atom. The first kappa shape index (κ1) is 15.7. The smallest absolute Gasteiger partial charge is 0.270 e. The van der Waals surface area contributed by atoms with Crippen LogP contribution in [0.2, 0.25) is 0 Å². The van der Waals surface area contributed by atoms with Crippen LogP contribution in [0.4, 0.5) is 0 Å². The Bertz CT molecular complexity index is 707. The molecule has 21 heavy (non-hydrogen) atoms. The highest BCUT2D eigenvalue weighted by Gasteiger charge is 2.20. The van der Waals surface area contributed by atoms with Gasteiger partial charge in [0.1, 0.15) is 5.69 Å². The topological polar surface area (TPSA) is 76.1 Å². The molecule has 1 N–H and O–H groups in total. The summed E-state index contributed by atoms with van der Waals surface area (Å²) in [6.07, 6.45) is 0. The highest BCUT2D eigenvalue weighted by molar-refractivity contribution is 7.91. The van der Waals surface area contributed by atoms with Crippen molar-refractivity contribution in [2.45, 2.75) is 24.8 Å². The summed E-state index contributed by atoms with van der Waals surface area (Å²) in [4.78, 5) is 16.0. The molecule has 1 heterocycles. The lowest BCUT2D eigenvalue weighted by molar-refractivity contribution is 0.0939. The average molecular weight is 324 g/mol. The van der Waals surface area contributed by atoms with Crippen LogP contribution >= 0.6 is 11.3 Å². The van der Waals surface area contributed by atoms with E-state index in [-0.39, 0.29) is 16.6 Å². The molecule has 1 amide bonds. The molecule has 0 unspecified atom stereocenters. The zero-order valence-electron chi connectivity index (χ0n) is 11.7. The van der Waals surface area contributed by atoms with Crippen molar-refractivity contribution in [3.8, 4) is 0 Å². The third kappa shape index (κ3) is 4.12. The Hall–Kier alpha value is -1.73. The van der Waals surface area contributed by atoms with Gasteiger partial charge in [-0.3, -0.25) is 4.79 Å². The molecule has 7 heteroatoms. The van der Waals surface area contributed by atoms with Gasteiger partial charge in [0.25, 0.3) is 5.91 Å². The van der Waals surface area contributed by atoms with Crippen LogP contribution in [0.25, 0.3) is 0 Å². The van der Waals surface area contributed by atoms with E-state index in [9.17, 15) is 13.2 Å². The largest absolute Gasteiger partial charge is 0.347 e. The Balaban J connectivity index is 2.03. The SMILES string of the molecule is Cc1ccc(S(=O)(=O)C[C@@H](C)NC(=O)c2cscn2)cc1. The van der Waals surface area contributed by atoms with Crippen molar-refractivity contribution in [2.24, 2.45) is 0 Å². The molecule has 0 aliphatic rings. The van der Waals surface area contributed by atoms with E-state index >= 15 is 0 Å². The van der Waals surface area contributed by atoms with Gasteiger partial charge in [0, 0.05) is 11.4 Å². The number of sulfone groups is 1. The lowest BCUT2D eigenvalue weighted by Gasteiger charge is -2.13. The summed E-state index contributed by atoms with van der Waals surface area (Å²) in [7, 11) is -3.42. The van der Waals surface area contributed by atoms with Gasteiger partial charge in [-0.05, 0) is 26.0 Å². The second-order valence-corrected chi connectivity index (χ2v) is 7.60.